The van der Waals surface area contributed by atoms with Gasteiger partial charge in [0.1, 0.15) is 6.61 Å². The number of nitrogens with one attached hydrogen (secondary N) is 2. The Bertz CT molecular complexity index is 839. The third kappa shape index (κ3) is 5.06. The summed E-state index contributed by atoms with van der Waals surface area (Å²) < 4.78 is 31.5. The number of alkyl carbamates (subject to hydrolysis) is 1. The molecule has 2 aromatic rings. The van der Waals surface area contributed by atoms with E-state index in [4.69, 9.17) is 4.74 Å². The molecule has 3 rings (SSSR count). The first-order valence-corrected chi connectivity index (χ1v) is 9.15. The molecule has 1 atom stereocenters. The highest BCUT2D eigenvalue weighted by Gasteiger charge is 2.36. The van der Waals surface area contributed by atoms with E-state index >= 15 is 0 Å². The van der Waals surface area contributed by atoms with Crippen LogP contribution in [0.15, 0.2) is 48.5 Å². The van der Waals surface area contributed by atoms with Crippen LogP contribution in [-0.4, -0.2) is 18.0 Å². The summed E-state index contributed by atoms with van der Waals surface area (Å²) in [7, 11) is 0. The van der Waals surface area contributed by atoms with Crippen LogP contribution >= 0.6 is 0 Å². The van der Waals surface area contributed by atoms with E-state index in [1.807, 2.05) is 30.3 Å². The first-order chi connectivity index (χ1) is 13.4. The van der Waals surface area contributed by atoms with Crippen molar-refractivity contribution in [2.24, 2.45) is 5.92 Å². The smallest absolute Gasteiger partial charge is 0.407 e. The van der Waals surface area contributed by atoms with Crippen LogP contribution in [-0.2, 0) is 16.1 Å². The fourth-order valence-corrected chi connectivity index (χ4v) is 3.08. The van der Waals surface area contributed by atoms with Gasteiger partial charge in [-0.1, -0.05) is 36.4 Å². The van der Waals surface area contributed by atoms with Crippen LogP contribution in [0.3, 0.4) is 0 Å². The van der Waals surface area contributed by atoms with E-state index in [-0.39, 0.29) is 24.5 Å². The first kappa shape index (κ1) is 19.8. The fraction of sp³-hybridized carbons (Fsp3) is 0.333. The van der Waals surface area contributed by atoms with E-state index in [0.717, 1.165) is 17.7 Å². The summed E-state index contributed by atoms with van der Waals surface area (Å²) in [6.07, 6.45) is 0.510. The fourth-order valence-electron chi connectivity index (χ4n) is 3.08. The average molecular weight is 388 g/mol. The van der Waals surface area contributed by atoms with Crippen LogP contribution in [0.2, 0.25) is 0 Å². The molecule has 28 heavy (non-hydrogen) atoms. The Balaban J connectivity index is 1.38. The lowest BCUT2D eigenvalue weighted by Gasteiger charge is -2.35. The maximum Gasteiger partial charge on any atom is 0.407 e. The van der Waals surface area contributed by atoms with Crippen LogP contribution in [0, 0.1) is 17.6 Å². The molecule has 0 radical (unpaired) electrons. The minimum Gasteiger partial charge on any atom is -0.445 e. The number of rotatable bonds is 6. The molecule has 2 aromatic carbocycles. The van der Waals surface area contributed by atoms with Gasteiger partial charge in [0.25, 0.3) is 0 Å². The number of benzene rings is 2. The van der Waals surface area contributed by atoms with Crippen LogP contribution < -0.4 is 10.6 Å². The van der Waals surface area contributed by atoms with Gasteiger partial charge < -0.3 is 15.4 Å². The normalized spacial score (nSPS) is 19.2. The molecule has 5 nitrogen and oxygen atoms in total. The van der Waals surface area contributed by atoms with E-state index in [1.54, 1.807) is 6.92 Å². The van der Waals surface area contributed by atoms with E-state index in [1.165, 1.54) is 6.07 Å². The molecular weight excluding hydrogens is 366 g/mol. The molecule has 0 bridgehead atoms. The Hall–Kier alpha value is -2.96. The zero-order valence-electron chi connectivity index (χ0n) is 15.5. The molecule has 0 aromatic heterocycles. The number of ether oxygens (including phenoxy) is 1. The second kappa shape index (κ2) is 8.82. The minimum atomic E-state index is -0.944. The van der Waals surface area contributed by atoms with Crippen LogP contribution in [0.4, 0.5) is 13.6 Å². The summed E-state index contributed by atoms with van der Waals surface area (Å²) in [5.41, 5.74) is 1.39. The standard InChI is InChI=1S/C21H22F2N2O3/c1-13(15-7-8-18(22)19(23)11-15)24-20(26)16-9-17(10-16)25-21(27)28-12-14-5-3-2-4-6-14/h2-8,11,13,16-17H,9-10,12H2,1H3,(H,24,26)(H,25,27). The maximum absolute atomic E-state index is 13.3. The molecule has 0 saturated heterocycles. The summed E-state index contributed by atoms with van der Waals surface area (Å²) in [5, 5.41) is 5.53. The predicted octanol–water partition coefficient (Wildman–Crippen LogP) is 3.85. The lowest BCUT2D eigenvalue weighted by molar-refractivity contribution is -0.128. The topological polar surface area (TPSA) is 67.4 Å². The second-order valence-electron chi connectivity index (χ2n) is 6.98. The number of hydrogen-bond donors (Lipinski definition) is 2. The van der Waals surface area contributed by atoms with E-state index in [2.05, 4.69) is 10.6 Å². The van der Waals surface area contributed by atoms with E-state index in [9.17, 15) is 18.4 Å². The Morgan fingerprint density at radius 2 is 1.82 bits per heavy atom. The summed E-state index contributed by atoms with van der Waals surface area (Å²) in [6, 6.07) is 12.4. The summed E-state index contributed by atoms with van der Waals surface area (Å²) in [6.45, 7) is 1.90. The maximum atomic E-state index is 13.3. The van der Waals surface area contributed by atoms with Gasteiger partial charge in [0, 0.05) is 12.0 Å². The van der Waals surface area contributed by atoms with Gasteiger partial charge in [-0.2, -0.15) is 0 Å². The van der Waals surface area contributed by atoms with Gasteiger partial charge in [-0.25, -0.2) is 13.6 Å². The van der Waals surface area contributed by atoms with Crippen molar-refractivity contribution in [3.05, 3.63) is 71.3 Å². The van der Waals surface area contributed by atoms with Gasteiger partial charge in [0.2, 0.25) is 5.91 Å². The molecule has 1 fully saturated rings. The van der Waals surface area contributed by atoms with E-state index in [0.29, 0.717) is 18.4 Å². The van der Waals surface area contributed by atoms with E-state index < -0.39 is 23.8 Å². The lowest BCUT2D eigenvalue weighted by Crippen LogP contribution is -2.49. The van der Waals surface area contributed by atoms with Gasteiger partial charge in [-0.05, 0) is 43.0 Å². The highest BCUT2D eigenvalue weighted by atomic mass is 19.2. The van der Waals surface area contributed by atoms with Crippen LogP contribution in [0.25, 0.3) is 0 Å². The van der Waals surface area contributed by atoms with Gasteiger partial charge in [0.15, 0.2) is 11.6 Å². The monoisotopic (exact) mass is 388 g/mol. The number of halogens is 2. The van der Waals surface area contributed by atoms with Crippen molar-refractivity contribution in [1.82, 2.24) is 10.6 Å². The Morgan fingerprint density at radius 3 is 2.50 bits per heavy atom. The van der Waals surface area contributed by atoms with Gasteiger partial charge >= 0.3 is 6.09 Å². The molecule has 0 heterocycles. The number of carbonyl (C=O) groups excluding carboxylic acids is 2. The van der Waals surface area contributed by atoms with Crippen molar-refractivity contribution in [3.8, 4) is 0 Å². The minimum absolute atomic E-state index is 0.113. The molecule has 1 aliphatic rings. The first-order valence-electron chi connectivity index (χ1n) is 9.15. The molecule has 0 spiro atoms. The average Bonchev–Trinajstić information content (AvgIpc) is 2.65. The van der Waals surface area contributed by atoms with Crippen molar-refractivity contribution in [1.29, 1.82) is 0 Å². The zero-order valence-corrected chi connectivity index (χ0v) is 15.5. The number of hydrogen-bond acceptors (Lipinski definition) is 3. The lowest BCUT2D eigenvalue weighted by atomic mass is 9.79. The van der Waals surface area contributed by atoms with Crippen molar-refractivity contribution in [2.75, 3.05) is 0 Å². The molecule has 148 valence electrons. The third-order valence-corrected chi connectivity index (χ3v) is 4.85. The molecule has 0 aliphatic heterocycles. The summed E-state index contributed by atoms with van der Waals surface area (Å²) in [4.78, 5) is 24.1. The predicted molar refractivity (Wildman–Crippen MR) is 99.2 cm³/mol. The largest absolute Gasteiger partial charge is 0.445 e. The van der Waals surface area contributed by atoms with Crippen molar-refractivity contribution >= 4 is 12.0 Å². The number of amides is 2. The highest BCUT2D eigenvalue weighted by molar-refractivity contribution is 5.80. The second-order valence-corrected chi connectivity index (χ2v) is 6.98. The third-order valence-electron chi connectivity index (χ3n) is 4.85. The van der Waals surface area contributed by atoms with Crippen molar-refractivity contribution in [3.63, 3.8) is 0 Å². The van der Waals surface area contributed by atoms with Gasteiger partial charge in [-0.15, -0.1) is 0 Å². The molecule has 2 amide bonds. The highest BCUT2D eigenvalue weighted by Crippen LogP contribution is 2.28. The SMILES string of the molecule is CC(NC(=O)C1CC(NC(=O)OCc2ccccc2)C1)c1ccc(F)c(F)c1. The molecule has 1 aliphatic carbocycles. The Labute approximate surface area is 162 Å². The van der Waals surface area contributed by atoms with Gasteiger partial charge in [-0.3, -0.25) is 4.79 Å². The van der Waals surface area contributed by atoms with Crippen LogP contribution in [0.5, 0.6) is 0 Å². The quantitative estimate of drug-likeness (QED) is 0.790. The Kier molecular flexibility index (Phi) is 6.23. The molecular formula is C21H22F2N2O3. The molecule has 1 saturated carbocycles. The summed E-state index contributed by atoms with van der Waals surface area (Å²) >= 11 is 0. The Morgan fingerprint density at radius 1 is 1.11 bits per heavy atom. The molecule has 7 heteroatoms. The number of carbonyl (C=O) groups is 2. The van der Waals surface area contributed by atoms with Crippen LogP contribution in [0.1, 0.15) is 36.9 Å². The summed E-state index contributed by atoms with van der Waals surface area (Å²) in [5.74, 6) is -2.27. The van der Waals surface area contributed by atoms with Gasteiger partial charge in [0.05, 0.1) is 6.04 Å². The zero-order chi connectivity index (χ0) is 20.1. The van der Waals surface area contributed by atoms with Crippen molar-refractivity contribution in [2.45, 2.75) is 38.5 Å². The molecule has 1 unspecified atom stereocenters. The molecule has 2 N–H and O–H groups in total. The van der Waals surface area contributed by atoms with Crippen molar-refractivity contribution < 1.29 is 23.1 Å².